The molecule has 1 aromatic carbocycles. The molecule has 0 radical (unpaired) electrons. The van der Waals surface area contributed by atoms with Crippen LogP contribution in [-0.2, 0) is 12.0 Å². The Hall–Kier alpha value is -1.48. The zero-order valence-electron chi connectivity index (χ0n) is 14.0. The average Bonchev–Trinajstić information content (AvgIpc) is 2.78. The fraction of sp³-hybridized carbons (Fsp3) is 0.556. The lowest BCUT2D eigenvalue weighted by Crippen LogP contribution is -2.18. The van der Waals surface area contributed by atoms with Gasteiger partial charge in [-0.15, -0.1) is 0 Å². The molecule has 2 aromatic rings. The Kier molecular flexibility index (Phi) is 4.62. The SMILES string of the molecule is COc1cc(C(C)(C)C)c2oc(CNCC(C)C)cc2c1. The Bertz CT molecular complexity index is 605. The van der Waals surface area contributed by atoms with Crippen molar-refractivity contribution >= 4 is 11.0 Å². The molecule has 1 heterocycles. The molecule has 116 valence electrons. The molecule has 0 aliphatic carbocycles. The Morgan fingerprint density at radius 2 is 1.90 bits per heavy atom. The fourth-order valence-electron chi connectivity index (χ4n) is 2.43. The first-order valence-corrected chi connectivity index (χ1v) is 7.63. The summed E-state index contributed by atoms with van der Waals surface area (Å²) in [5.74, 6) is 2.50. The van der Waals surface area contributed by atoms with Crippen LogP contribution in [0.3, 0.4) is 0 Å². The van der Waals surface area contributed by atoms with Crippen LogP contribution >= 0.6 is 0 Å². The van der Waals surface area contributed by atoms with Crippen molar-refractivity contribution in [1.82, 2.24) is 5.32 Å². The number of furan rings is 1. The Morgan fingerprint density at radius 3 is 2.48 bits per heavy atom. The predicted molar refractivity (Wildman–Crippen MR) is 88.0 cm³/mol. The van der Waals surface area contributed by atoms with Crippen LogP contribution in [0, 0.1) is 5.92 Å². The van der Waals surface area contributed by atoms with Crippen molar-refractivity contribution in [2.45, 2.75) is 46.6 Å². The maximum atomic E-state index is 6.09. The van der Waals surface area contributed by atoms with E-state index in [-0.39, 0.29) is 5.41 Å². The first kappa shape index (κ1) is 15.9. The summed E-state index contributed by atoms with van der Waals surface area (Å²) in [6.07, 6.45) is 0. The van der Waals surface area contributed by atoms with E-state index in [2.05, 4.69) is 52.1 Å². The summed E-state index contributed by atoms with van der Waals surface area (Å²) in [7, 11) is 1.71. The van der Waals surface area contributed by atoms with Gasteiger partial charge in [0.1, 0.15) is 17.1 Å². The highest BCUT2D eigenvalue weighted by Gasteiger charge is 2.21. The normalized spacial score (nSPS) is 12.3. The summed E-state index contributed by atoms with van der Waals surface area (Å²) in [4.78, 5) is 0. The monoisotopic (exact) mass is 289 g/mol. The molecule has 1 N–H and O–H groups in total. The molecule has 0 unspecified atom stereocenters. The molecule has 0 bridgehead atoms. The smallest absolute Gasteiger partial charge is 0.138 e. The number of methoxy groups -OCH3 is 1. The van der Waals surface area contributed by atoms with E-state index in [9.17, 15) is 0 Å². The Labute approximate surface area is 127 Å². The number of benzene rings is 1. The molecule has 2 rings (SSSR count). The van der Waals surface area contributed by atoms with Crippen molar-refractivity contribution < 1.29 is 9.15 Å². The molecule has 0 aliphatic rings. The molecule has 0 atom stereocenters. The summed E-state index contributed by atoms with van der Waals surface area (Å²) < 4.78 is 11.5. The third-order valence-electron chi connectivity index (χ3n) is 3.54. The second-order valence-corrected chi connectivity index (χ2v) is 7.08. The molecule has 0 spiro atoms. The molecule has 3 nitrogen and oxygen atoms in total. The first-order chi connectivity index (χ1) is 9.81. The highest BCUT2D eigenvalue weighted by atomic mass is 16.5. The number of ether oxygens (including phenoxy) is 1. The van der Waals surface area contributed by atoms with E-state index in [0.717, 1.165) is 35.6 Å². The standard InChI is InChI=1S/C18H27NO2/c1-12(2)10-19-11-15-8-13-7-14(20-6)9-16(17(13)21-15)18(3,4)5/h7-9,12,19H,10-11H2,1-6H3. The summed E-state index contributed by atoms with van der Waals surface area (Å²) in [6, 6.07) is 6.23. The second kappa shape index (κ2) is 6.10. The highest BCUT2D eigenvalue weighted by molar-refractivity contribution is 5.84. The third kappa shape index (κ3) is 3.79. The zero-order valence-corrected chi connectivity index (χ0v) is 14.0. The summed E-state index contributed by atoms with van der Waals surface area (Å²) in [5.41, 5.74) is 2.18. The molecule has 1 aromatic heterocycles. The van der Waals surface area contributed by atoms with Gasteiger partial charge in [-0.25, -0.2) is 0 Å². The molecule has 21 heavy (non-hydrogen) atoms. The lowest BCUT2D eigenvalue weighted by atomic mass is 9.86. The van der Waals surface area contributed by atoms with Gasteiger partial charge in [0.25, 0.3) is 0 Å². The topological polar surface area (TPSA) is 34.4 Å². The van der Waals surface area contributed by atoms with Crippen LogP contribution in [-0.4, -0.2) is 13.7 Å². The van der Waals surface area contributed by atoms with Gasteiger partial charge in [0.2, 0.25) is 0 Å². The maximum absolute atomic E-state index is 6.09. The fourth-order valence-corrected chi connectivity index (χ4v) is 2.43. The van der Waals surface area contributed by atoms with Gasteiger partial charge in [0.05, 0.1) is 13.7 Å². The van der Waals surface area contributed by atoms with Gasteiger partial charge in [0, 0.05) is 10.9 Å². The summed E-state index contributed by atoms with van der Waals surface area (Å²) in [5, 5.41) is 4.54. The quantitative estimate of drug-likeness (QED) is 0.881. The average molecular weight is 289 g/mol. The molecular formula is C18H27NO2. The van der Waals surface area contributed by atoms with Crippen LogP contribution in [0.2, 0.25) is 0 Å². The second-order valence-electron chi connectivity index (χ2n) is 7.08. The van der Waals surface area contributed by atoms with Crippen molar-refractivity contribution in [2.24, 2.45) is 5.92 Å². The highest BCUT2D eigenvalue weighted by Crippen LogP contribution is 2.35. The van der Waals surface area contributed by atoms with Gasteiger partial charge in [-0.1, -0.05) is 34.6 Å². The van der Waals surface area contributed by atoms with Gasteiger partial charge >= 0.3 is 0 Å². The van der Waals surface area contributed by atoms with Crippen LogP contribution < -0.4 is 10.1 Å². The van der Waals surface area contributed by atoms with E-state index in [1.807, 2.05) is 6.07 Å². The van der Waals surface area contributed by atoms with E-state index < -0.39 is 0 Å². The molecule has 0 aliphatic heterocycles. The van der Waals surface area contributed by atoms with Crippen molar-refractivity contribution in [1.29, 1.82) is 0 Å². The molecule has 0 amide bonds. The van der Waals surface area contributed by atoms with Gasteiger partial charge < -0.3 is 14.5 Å². The summed E-state index contributed by atoms with van der Waals surface area (Å²) in [6.45, 7) is 12.7. The zero-order chi connectivity index (χ0) is 15.6. The van der Waals surface area contributed by atoms with Crippen molar-refractivity contribution in [3.05, 3.63) is 29.5 Å². The van der Waals surface area contributed by atoms with Crippen molar-refractivity contribution in [2.75, 3.05) is 13.7 Å². The van der Waals surface area contributed by atoms with Crippen molar-refractivity contribution in [3.8, 4) is 5.75 Å². The summed E-state index contributed by atoms with van der Waals surface area (Å²) >= 11 is 0. The van der Waals surface area contributed by atoms with Gasteiger partial charge in [-0.2, -0.15) is 0 Å². The van der Waals surface area contributed by atoms with Crippen LogP contribution in [0.1, 0.15) is 45.9 Å². The molecule has 0 saturated carbocycles. The number of hydrogen-bond acceptors (Lipinski definition) is 3. The minimum atomic E-state index is 0.0211. The minimum Gasteiger partial charge on any atom is -0.497 e. The van der Waals surface area contributed by atoms with E-state index in [1.54, 1.807) is 7.11 Å². The van der Waals surface area contributed by atoms with Crippen LogP contribution in [0.4, 0.5) is 0 Å². The Morgan fingerprint density at radius 1 is 1.19 bits per heavy atom. The number of nitrogens with one attached hydrogen (secondary N) is 1. The van der Waals surface area contributed by atoms with Crippen LogP contribution in [0.5, 0.6) is 5.75 Å². The Balaban J connectivity index is 2.36. The lowest BCUT2D eigenvalue weighted by molar-refractivity contribution is 0.413. The first-order valence-electron chi connectivity index (χ1n) is 7.63. The number of rotatable bonds is 5. The van der Waals surface area contributed by atoms with Gasteiger partial charge in [-0.05, 0) is 36.1 Å². The van der Waals surface area contributed by atoms with Crippen molar-refractivity contribution in [3.63, 3.8) is 0 Å². The van der Waals surface area contributed by atoms with E-state index in [0.29, 0.717) is 5.92 Å². The van der Waals surface area contributed by atoms with E-state index in [4.69, 9.17) is 9.15 Å². The molecule has 3 heteroatoms. The van der Waals surface area contributed by atoms with Gasteiger partial charge in [0.15, 0.2) is 0 Å². The largest absolute Gasteiger partial charge is 0.497 e. The molecule has 0 saturated heterocycles. The minimum absolute atomic E-state index is 0.0211. The number of fused-ring (bicyclic) bond motifs is 1. The van der Waals surface area contributed by atoms with Gasteiger partial charge in [-0.3, -0.25) is 0 Å². The maximum Gasteiger partial charge on any atom is 0.138 e. The molecule has 0 fully saturated rings. The molecular weight excluding hydrogens is 262 g/mol. The lowest BCUT2D eigenvalue weighted by Gasteiger charge is -2.20. The third-order valence-corrected chi connectivity index (χ3v) is 3.54. The van der Waals surface area contributed by atoms with Crippen LogP contribution in [0.25, 0.3) is 11.0 Å². The van der Waals surface area contributed by atoms with Crippen LogP contribution in [0.15, 0.2) is 22.6 Å². The van der Waals surface area contributed by atoms with E-state index in [1.165, 1.54) is 5.56 Å². The van der Waals surface area contributed by atoms with E-state index >= 15 is 0 Å². The number of hydrogen-bond donors (Lipinski definition) is 1. The predicted octanol–water partition coefficient (Wildman–Crippen LogP) is 4.48.